The molecule has 1 atom stereocenters. The highest BCUT2D eigenvalue weighted by atomic mass is 35.5. The number of methoxy groups -OCH3 is 2. The molecular weight excluding hydrogens is 308 g/mol. The SMILES string of the molecule is COC(=O)N1CCCC(C(=O)Nc2ccc(OC)c(Cl)c2)C1. The Hall–Kier alpha value is -1.95. The van der Waals surface area contributed by atoms with Gasteiger partial charge in [-0.2, -0.15) is 0 Å². The van der Waals surface area contributed by atoms with E-state index in [1.54, 1.807) is 23.1 Å². The maximum Gasteiger partial charge on any atom is 0.409 e. The first-order valence-corrected chi connectivity index (χ1v) is 7.40. The van der Waals surface area contributed by atoms with E-state index in [0.29, 0.717) is 29.5 Å². The molecule has 1 N–H and O–H groups in total. The number of amides is 2. The molecule has 2 amide bonds. The van der Waals surface area contributed by atoms with Crippen LogP contribution in [0.5, 0.6) is 5.75 Å². The van der Waals surface area contributed by atoms with Gasteiger partial charge in [-0.25, -0.2) is 4.79 Å². The van der Waals surface area contributed by atoms with Crippen LogP contribution in [0.2, 0.25) is 5.02 Å². The maximum absolute atomic E-state index is 12.3. The number of carbonyl (C=O) groups is 2. The first kappa shape index (κ1) is 16.4. The van der Waals surface area contributed by atoms with Crippen molar-refractivity contribution in [2.75, 3.05) is 32.6 Å². The number of nitrogens with zero attached hydrogens (tertiary/aromatic N) is 1. The molecule has 7 heteroatoms. The predicted molar refractivity (Wildman–Crippen MR) is 83.3 cm³/mol. The molecule has 0 spiro atoms. The van der Waals surface area contributed by atoms with Crippen LogP contribution in [0, 0.1) is 5.92 Å². The third-order valence-electron chi connectivity index (χ3n) is 3.64. The van der Waals surface area contributed by atoms with E-state index in [1.807, 2.05) is 0 Å². The molecule has 6 nitrogen and oxygen atoms in total. The van der Waals surface area contributed by atoms with Gasteiger partial charge in [0.15, 0.2) is 0 Å². The Morgan fingerprint density at radius 3 is 2.77 bits per heavy atom. The number of halogens is 1. The number of hydrogen-bond acceptors (Lipinski definition) is 4. The van der Waals surface area contributed by atoms with E-state index in [9.17, 15) is 9.59 Å². The van der Waals surface area contributed by atoms with Gasteiger partial charge in [0, 0.05) is 18.8 Å². The lowest BCUT2D eigenvalue weighted by atomic mass is 9.97. The molecule has 0 aromatic heterocycles. The zero-order valence-electron chi connectivity index (χ0n) is 12.6. The second-order valence-corrected chi connectivity index (χ2v) is 5.50. The van der Waals surface area contributed by atoms with Gasteiger partial charge in [0.25, 0.3) is 0 Å². The lowest BCUT2D eigenvalue weighted by molar-refractivity contribution is -0.121. The molecule has 1 fully saturated rings. The van der Waals surface area contributed by atoms with Crippen LogP contribution in [0.4, 0.5) is 10.5 Å². The van der Waals surface area contributed by atoms with Crippen LogP contribution in [0.3, 0.4) is 0 Å². The molecule has 1 saturated heterocycles. The second kappa shape index (κ2) is 7.35. The topological polar surface area (TPSA) is 67.9 Å². The summed E-state index contributed by atoms with van der Waals surface area (Å²) in [5.41, 5.74) is 0.603. The zero-order chi connectivity index (χ0) is 16.1. The number of carbonyl (C=O) groups excluding carboxylic acids is 2. The van der Waals surface area contributed by atoms with Crippen LogP contribution in [0.25, 0.3) is 0 Å². The van der Waals surface area contributed by atoms with Crippen molar-refractivity contribution >= 4 is 29.3 Å². The van der Waals surface area contributed by atoms with Gasteiger partial charge in [0.05, 0.1) is 25.2 Å². The van der Waals surface area contributed by atoms with Crippen molar-refractivity contribution in [1.82, 2.24) is 4.90 Å². The number of hydrogen-bond donors (Lipinski definition) is 1. The molecule has 0 saturated carbocycles. The Balaban J connectivity index is 1.99. The standard InChI is InChI=1S/C15H19ClN2O4/c1-21-13-6-5-11(8-12(13)16)17-14(19)10-4-3-7-18(9-10)15(20)22-2/h5-6,8,10H,3-4,7,9H2,1-2H3,(H,17,19). The normalized spacial score (nSPS) is 17.8. The minimum absolute atomic E-state index is 0.130. The molecule has 1 aliphatic heterocycles. The Bertz CT molecular complexity index is 564. The summed E-state index contributed by atoms with van der Waals surface area (Å²) in [4.78, 5) is 25.4. The van der Waals surface area contributed by atoms with Crippen molar-refractivity contribution in [1.29, 1.82) is 0 Å². The Labute approximate surface area is 134 Å². The highest BCUT2D eigenvalue weighted by Gasteiger charge is 2.28. The Kier molecular flexibility index (Phi) is 5.49. The maximum atomic E-state index is 12.3. The molecule has 1 heterocycles. The number of benzene rings is 1. The number of nitrogens with one attached hydrogen (secondary N) is 1. The van der Waals surface area contributed by atoms with Gasteiger partial charge in [-0.1, -0.05) is 11.6 Å². The molecule has 1 unspecified atom stereocenters. The third kappa shape index (κ3) is 3.82. The minimum atomic E-state index is -0.398. The molecule has 1 aromatic rings. The summed E-state index contributed by atoms with van der Waals surface area (Å²) in [6.45, 7) is 0.979. The second-order valence-electron chi connectivity index (χ2n) is 5.09. The number of ether oxygens (including phenoxy) is 2. The molecular formula is C15H19ClN2O4. The van der Waals surface area contributed by atoms with Gasteiger partial charge in [-0.05, 0) is 31.0 Å². The Morgan fingerprint density at radius 1 is 1.36 bits per heavy atom. The first-order chi connectivity index (χ1) is 10.5. The van der Waals surface area contributed by atoms with Crippen LogP contribution < -0.4 is 10.1 Å². The molecule has 0 radical (unpaired) electrons. The lowest BCUT2D eigenvalue weighted by Crippen LogP contribution is -2.43. The fourth-order valence-electron chi connectivity index (χ4n) is 2.47. The quantitative estimate of drug-likeness (QED) is 0.927. The van der Waals surface area contributed by atoms with E-state index >= 15 is 0 Å². The van der Waals surface area contributed by atoms with Crippen molar-refractivity contribution in [2.45, 2.75) is 12.8 Å². The highest BCUT2D eigenvalue weighted by molar-refractivity contribution is 6.32. The highest BCUT2D eigenvalue weighted by Crippen LogP contribution is 2.28. The van der Waals surface area contributed by atoms with Gasteiger partial charge in [0.1, 0.15) is 5.75 Å². The summed E-state index contributed by atoms with van der Waals surface area (Å²) < 4.78 is 9.77. The smallest absolute Gasteiger partial charge is 0.409 e. The molecule has 1 aromatic carbocycles. The van der Waals surface area contributed by atoms with E-state index in [-0.39, 0.29) is 11.8 Å². The molecule has 120 valence electrons. The van der Waals surface area contributed by atoms with Crippen molar-refractivity contribution in [3.05, 3.63) is 23.2 Å². The van der Waals surface area contributed by atoms with E-state index in [0.717, 1.165) is 12.8 Å². The average Bonchev–Trinajstić information content (AvgIpc) is 2.54. The molecule has 0 aliphatic carbocycles. The monoisotopic (exact) mass is 326 g/mol. The molecule has 2 rings (SSSR count). The largest absolute Gasteiger partial charge is 0.495 e. The summed E-state index contributed by atoms with van der Waals surface area (Å²) in [6, 6.07) is 5.06. The van der Waals surface area contributed by atoms with Gasteiger partial charge < -0.3 is 19.7 Å². The van der Waals surface area contributed by atoms with E-state index < -0.39 is 6.09 Å². The molecule has 22 heavy (non-hydrogen) atoms. The van der Waals surface area contributed by atoms with Crippen LogP contribution in [-0.4, -0.2) is 44.2 Å². The van der Waals surface area contributed by atoms with Crippen molar-refractivity contribution < 1.29 is 19.1 Å². The number of rotatable bonds is 3. The van der Waals surface area contributed by atoms with Crippen LogP contribution in [0.1, 0.15) is 12.8 Å². The van der Waals surface area contributed by atoms with Gasteiger partial charge in [-0.3, -0.25) is 4.79 Å². The predicted octanol–water partition coefficient (Wildman–Crippen LogP) is 2.77. The summed E-state index contributed by atoms with van der Waals surface area (Å²) in [5.74, 6) is 0.165. The summed E-state index contributed by atoms with van der Waals surface area (Å²) >= 11 is 6.04. The van der Waals surface area contributed by atoms with E-state index in [1.165, 1.54) is 14.2 Å². The van der Waals surface area contributed by atoms with Crippen molar-refractivity contribution in [2.24, 2.45) is 5.92 Å². The fraction of sp³-hybridized carbons (Fsp3) is 0.467. The zero-order valence-corrected chi connectivity index (χ0v) is 13.4. The van der Waals surface area contributed by atoms with Crippen LogP contribution >= 0.6 is 11.6 Å². The first-order valence-electron chi connectivity index (χ1n) is 7.02. The van der Waals surface area contributed by atoms with Gasteiger partial charge in [-0.15, -0.1) is 0 Å². The lowest BCUT2D eigenvalue weighted by Gasteiger charge is -2.30. The van der Waals surface area contributed by atoms with E-state index in [4.69, 9.17) is 21.1 Å². The van der Waals surface area contributed by atoms with Gasteiger partial charge >= 0.3 is 6.09 Å². The number of likely N-dealkylation sites (tertiary alicyclic amines) is 1. The fourth-order valence-corrected chi connectivity index (χ4v) is 2.73. The Morgan fingerprint density at radius 2 is 2.14 bits per heavy atom. The van der Waals surface area contributed by atoms with Crippen molar-refractivity contribution in [3.8, 4) is 5.75 Å². The molecule has 1 aliphatic rings. The summed E-state index contributed by atoms with van der Waals surface area (Å²) in [5, 5.41) is 3.25. The average molecular weight is 327 g/mol. The summed E-state index contributed by atoms with van der Waals surface area (Å²) in [7, 11) is 2.87. The third-order valence-corrected chi connectivity index (χ3v) is 3.94. The van der Waals surface area contributed by atoms with Crippen molar-refractivity contribution in [3.63, 3.8) is 0 Å². The number of anilines is 1. The van der Waals surface area contributed by atoms with Crippen LogP contribution in [0.15, 0.2) is 18.2 Å². The molecule has 0 bridgehead atoms. The minimum Gasteiger partial charge on any atom is -0.495 e. The summed E-state index contributed by atoms with van der Waals surface area (Å²) in [6.07, 6.45) is 1.12. The van der Waals surface area contributed by atoms with Gasteiger partial charge in [0.2, 0.25) is 5.91 Å². The van der Waals surface area contributed by atoms with Crippen LogP contribution in [-0.2, 0) is 9.53 Å². The number of piperidine rings is 1. The van der Waals surface area contributed by atoms with E-state index in [2.05, 4.69) is 5.32 Å².